The Bertz CT molecular complexity index is 1180. The molecule has 2 atom stereocenters. The fourth-order valence-corrected chi connectivity index (χ4v) is 5.19. The number of para-hydroxylation sites is 1. The lowest BCUT2D eigenvalue weighted by molar-refractivity contribution is -0.133. The monoisotopic (exact) mass is 482 g/mol. The van der Waals surface area contributed by atoms with E-state index in [2.05, 4.69) is 0 Å². The minimum atomic E-state index is -1.40. The normalized spacial score (nSPS) is 22.6. The summed E-state index contributed by atoms with van der Waals surface area (Å²) in [7, 11) is 0. The predicted octanol–water partition coefficient (Wildman–Crippen LogP) is 5.10. The van der Waals surface area contributed by atoms with E-state index < -0.39 is 40.7 Å². The van der Waals surface area contributed by atoms with E-state index in [1.165, 1.54) is 0 Å². The van der Waals surface area contributed by atoms with Crippen LogP contribution in [0.3, 0.4) is 0 Å². The summed E-state index contributed by atoms with van der Waals surface area (Å²) in [6, 6.07) is 13.3. The molecule has 2 aromatic carbocycles. The van der Waals surface area contributed by atoms with Gasteiger partial charge in [0.25, 0.3) is 0 Å². The lowest BCUT2D eigenvalue weighted by atomic mass is 9.63. The van der Waals surface area contributed by atoms with Crippen molar-refractivity contribution in [3.8, 4) is 0 Å². The molecule has 34 heavy (non-hydrogen) atoms. The van der Waals surface area contributed by atoms with Crippen LogP contribution in [0.5, 0.6) is 0 Å². The van der Waals surface area contributed by atoms with Crippen molar-refractivity contribution >= 4 is 46.8 Å². The van der Waals surface area contributed by atoms with Crippen molar-refractivity contribution in [2.24, 2.45) is 11.8 Å². The molecule has 4 rings (SSSR count). The zero-order valence-corrected chi connectivity index (χ0v) is 20.6. The molecular formula is C26H27ClN2O5. The van der Waals surface area contributed by atoms with Crippen LogP contribution in [-0.4, -0.2) is 29.4 Å². The third-order valence-corrected chi connectivity index (χ3v) is 6.67. The smallest absolute Gasteiger partial charge is 0.421 e. The molecule has 2 aliphatic heterocycles. The summed E-state index contributed by atoms with van der Waals surface area (Å²) < 4.78 is 5.53. The molecule has 7 nitrogen and oxygen atoms in total. The second kappa shape index (κ2) is 8.24. The molecule has 0 aliphatic carbocycles. The van der Waals surface area contributed by atoms with Crippen molar-refractivity contribution in [3.63, 3.8) is 0 Å². The Hall–Kier alpha value is -3.19. The molecular weight excluding hydrogens is 456 g/mol. The highest BCUT2D eigenvalue weighted by Gasteiger charge is 2.64. The number of hydrogen-bond acceptors (Lipinski definition) is 5. The SMILES string of the molecule is CC(C)C1([C@@H]2CC(=O)N(c3ccc(Cl)cc3)C2=O)C(=O)N(C(=O)OC(C)(C)C)c2ccccc21. The van der Waals surface area contributed by atoms with Crippen LogP contribution >= 0.6 is 11.6 Å². The Morgan fingerprint density at radius 1 is 1.06 bits per heavy atom. The number of amides is 4. The maximum atomic E-state index is 14.1. The molecule has 8 heteroatoms. The number of nitrogens with zero attached hydrogens (tertiary/aromatic N) is 2. The predicted molar refractivity (Wildman–Crippen MR) is 129 cm³/mol. The summed E-state index contributed by atoms with van der Waals surface area (Å²) >= 11 is 5.97. The fourth-order valence-electron chi connectivity index (χ4n) is 5.06. The first-order valence-corrected chi connectivity index (χ1v) is 11.6. The fraction of sp³-hybridized carbons (Fsp3) is 0.385. The van der Waals surface area contributed by atoms with Crippen molar-refractivity contribution in [1.29, 1.82) is 0 Å². The number of anilines is 2. The molecule has 0 aromatic heterocycles. The summed E-state index contributed by atoms with van der Waals surface area (Å²) in [6.45, 7) is 8.81. The first kappa shape index (κ1) is 24.0. The van der Waals surface area contributed by atoms with Gasteiger partial charge >= 0.3 is 6.09 Å². The Morgan fingerprint density at radius 3 is 2.26 bits per heavy atom. The van der Waals surface area contributed by atoms with Gasteiger partial charge in [0.15, 0.2) is 0 Å². The molecule has 0 N–H and O–H groups in total. The first-order chi connectivity index (χ1) is 15.9. The molecule has 4 amide bonds. The van der Waals surface area contributed by atoms with Crippen LogP contribution < -0.4 is 9.80 Å². The third kappa shape index (κ3) is 3.59. The van der Waals surface area contributed by atoms with Gasteiger partial charge in [-0.15, -0.1) is 0 Å². The highest BCUT2D eigenvalue weighted by Crippen LogP contribution is 2.54. The first-order valence-electron chi connectivity index (χ1n) is 11.2. The summed E-state index contributed by atoms with van der Waals surface area (Å²) in [6.07, 6.45) is -0.958. The number of hydrogen-bond donors (Lipinski definition) is 0. The van der Waals surface area contributed by atoms with E-state index in [1.54, 1.807) is 69.3 Å². The van der Waals surface area contributed by atoms with Crippen LogP contribution in [0, 0.1) is 11.8 Å². The Kier molecular flexibility index (Phi) is 5.80. The van der Waals surface area contributed by atoms with Crippen LogP contribution in [0.1, 0.15) is 46.6 Å². The lowest BCUT2D eigenvalue weighted by Crippen LogP contribution is -2.53. The van der Waals surface area contributed by atoms with Crippen LogP contribution in [0.15, 0.2) is 48.5 Å². The van der Waals surface area contributed by atoms with Crippen LogP contribution in [0.2, 0.25) is 5.02 Å². The number of benzene rings is 2. The standard InChI is InChI=1S/C26H27ClN2O5/c1-15(2)26(19-14-21(30)28(22(19)31)17-12-10-16(27)11-13-17)18-8-6-7-9-20(18)29(23(26)32)24(33)34-25(3,4)5/h6-13,15,19H,14H2,1-5H3/t19-,26?/m1/s1. The Balaban J connectivity index is 1.84. The van der Waals surface area contributed by atoms with Gasteiger partial charge in [-0.3, -0.25) is 19.3 Å². The van der Waals surface area contributed by atoms with Gasteiger partial charge in [0.05, 0.1) is 22.7 Å². The van der Waals surface area contributed by atoms with Crippen LogP contribution in [0.4, 0.5) is 16.2 Å². The van der Waals surface area contributed by atoms with Crippen molar-refractivity contribution in [2.75, 3.05) is 9.80 Å². The third-order valence-electron chi connectivity index (χ3n) is 6.42. The molecule has 1 fully saturated rings. The Morgan fingerprint density at radius 2 is 1.68 bits per heavy atom. The largest absolute Gasteiger partial charge is 0.443 e. The van der Waals surface area contributed by atoms with E-state index >= 15 is 0 Å². The summed E-state index contributed by atoms with van der Waals surface area (Å²) in [4.78, 5) is 56.2. The molecule has 0 saturated carbocycles. The van der Waals surface area contributed by atoms with Crippen molar-refractivity contribution in [1.82, 2.24) is 0 Å². The number of imide groups is 2. The number of fused-ring (bicyclic) bond motifs is 1. The van der Waals surface area contributed by atoms with E-state index in [0.29, 0.717) is 22.0 Å². The summed E-state index contributed by atoms with van der Waals surface area (Å²) in [5.41, 5.74) is -0.907. The van der Waals surface area contributed by atoms with Gasteiger partial charge in [-0.1, -0.05) is 43.6 Å². The number of ether oxygens (including phenoxy) is 1. The molecule has 0 spiro atoms. The van der Waals surface area contributed by atoms with Crippen molar-refractivity contribution in [2.45, 2.75) is 52.1 Å². The van der Waals surface area contributed by atoms with E-state index in [1.807, 2.05) is 13.8 Å². The molecule has 2 aliphatic rings. The molecule has 2 aromatic rings. The highest BCUT2D eigenvalue weighted by atomic mass is 35.5. The number of carbonyl (C=O) groups is 4. The van der Waals surface area contributed by atoms with Gasteiger partial charge < -0.3 is 4.74 Å². The molecule has 2 heterocycles. The second-order valence-electron chi connectivity index (χ2n) is 9.96. The highest BCUT2D eigenvalue weighted by molar-refractivity contribution is 6.31. The number of carbonyl (C=O) groups excluding carboxylic acids is 4. The zero-order chi connectivity index (χ0) is 25.0. The minimum absolute atomic E-state index is 0.151. The van der Waals surface area contributed by atoms with Gasteiger partial charge in [0.2, 0.25) is 17.7 Å². The summed E-state index contributed by atoms with van der Waals surface area (Å²) in [5, 5.41) is 0.478. The van der Waals surface area contributed by atoms with Crippen LogP contribution in [-0.2, 0) is 24.5 Å². The Labute approximate surface area is 203 Å². The number of halogens is 1. The van der Waals surface area contributed by atoms with E-state index in [9.17, 15) is 19.2 Å². The molecule has 0 radical (unpaired) electrons. The molecule has 0 bridgehead atoms. The average Bonchev–Trinajstić information content (AvgIpc) is 3.18. The van der Waals surface area contributed by atoms with E-state index in [4.69, 9.17) is 16.3 Å². The zero-order valence-electron chi connectivity index (χ0n) is 19.8. The van der Waals surface area contributed by atoms with Crippen molar-refractivity contribution in [3.05, 3.63) is 59.1 Å². The quantitative estimate of drug-likeness (QED) is 0.568. The van der Waals surface area contributed by atoms with Crippen LogP contribution in [0.25, 0.3) is 0 Å². The van der Waals surface area contributed by atoms with E-state index in [-0.39, 0.29) is 12.3 Å². The average molecular weight is 483 g/mol. The lowest BCUT2D eigenvalue weighted by Gasteiger charge is -2.36. The van der Waals surface area contributed by atoms with Gasteiger partial charge in [-0.25, -0.2) is 9.69 Å². The molecule has 178 valence electrons. The number of rotatable bonds is 3. The minimum Gasteiger partial charge on any atom is -0.443 e. The van der Waals surface area contributed by atoms with E-state index in [0.717, 1.165) is 9.80 Å². The second-order valence-corrected chi connectivity index (χ2v) is 10.4. The van der Waals surface area contributed by atoms with Crippen molar-refractivity contribution < 1.29 is 23.9 Å². The molecule has 1 saturated heterocycles. The van der Waals surface area contributed by atoms with Gasteiger partial charge in [-0.2, -0.15) is 0 Å². The summed E-state index contributed by atoms with van der Waals surface area (Å²) in [5.74, 6) is -2.80. The maximum Gasteiger partial charge on any atom is 0.421 e. The topological polar surface area (TPSA) is 84.0 Å². The van der Waals surface area contributed by atoms with Gasteiger partial charge in [-0.05, 0) is 62.6 Å². The maximum absolute atomic E-state index is 14.1. The van der Waals surface area contributed by atoms with Gasteiger partial charge in [0.1, 0.15) is 5.60 Å². The van der Waals surface area contributed by atoms with Gasteiger partial charge in [0, 0.05) is 11.4 Å². The molecule has 1 unspecified atom stereocenters.